The van der Waals surface area contributed by atoms with Crippen molar-refractivity contribution in [2.75, 3.05) is 0 Å². The van der Waals surface area contributed by atoms with Crippen LogP contribution in [0, 0.1) is 0 Å². The third-order valence-electron chi connectivity index (χ3n) is 5.45. The third kappa shape index (κ3) is 3.13. The lowest BCUT2D eigenvalue weighted by molar-refractivity contribution is 0.332. The molecule has 0 unspecified atom stereocenters. The molecule has 0 radical (unpaired) electrons. The molecular weight excluding hydrogens is 348 g/mol. The fourth-order valence-corrected chi connectivity index (χ4v) is 4.04. The summed E-state index contributed by atoms with van der Waals surface area (Å²) in [6.45, 7) is 0. The summed E-state index contributed by atoms with van der Waals surface area (Å²) in [4.78, 5) is 4.66. The first-order chi connectivity index (χ1) is 13.9. The van der Waals surface area contributed by atoms with E-state index in [1.165, 1.54) is 32.1 Å². The lowest BCUT2D eigenvalue weighted by Crippen LogP contribution is -2.15. The molecular formula is C23H22N4O. The van der Waals surface area contributed by atoms with Crippen LogP contribution >= 0.6 is 0 Å². The van der Waals surface area contributed by atoms with Crippen LogP contribution in [-0.2, 0) is 0 Å². The smallest absolute Gasteiger partial charge is 0.262 e. The molecule has 0 atom stereocenters. The molecule has 28 heavy (non-hydrogen) atoms. The van der Waals surface area contributed by atoms with Gasteiger partial charge < -0.3 is 4.52 Å². The Labute approximate surface area is 164 Å². The highest BCUT2D eigenvalue weighted by Crippen LogP contribution is 2.37. The number of nitrogens with zero attached hydrogens (tertiary/aromatic N) is 4. The molecule has 0 bridgehead atoms. The van der Waals surface area contributed by atoms with Crippen molar-refractivity contribution in [2.24, 2.45) is 0 Å². The van der Waals surface area contributed by atoms with Gasteiger partial charge in [-0.05, 0) is 12.8 Å². The first-order valence-corrected chi connectivity index (χ1v) is 9.92. The molecule has 4 aromatic rings. The maximum Gasteiger partial charge on any atom is 0.262 e. The first kappa shape index (κ1) is 16.9. The van der Waals surface area contributed by atoms with Gasteiger partial charge in [0.25, 0.3) is 5.89 Å². The number of hydrogen-bond donors (Lipinski definition) is 0. The molecule has 1 fully saturated rings. The van der Waals surface area contributed by atoms with Crippen molar-refractivity contribution >= 4 is 0 Å². The third-order valence-corrected chi connectivity index (χ3v) is 5.45. The Morgan fingerprint density at radius 1 is 0.821 bits per heavy atom. The molecule has 0 saturated heterocycles. The number of aromatic nitrogens is 4. The summed E-state index contributed by atoms with van der Waals surface area (Å²) in [5.74, 6) is 1.11. The number of benzene rings is 2. The highest BCUT2D eigenvalue weighted by molar-refractivity contribution is 5.77. The van der Waals surface area contributed by atoms with Crippen molar-refractivity contribution < 1.29 is 4.52 Å². The average Bonchev–Trinajstić information content (AvgIpc) is 3.43. The normalized spacial score (nSPS) is 15.0. The molecule has 0 N–H and O–H groups in total. The molecule has 2 aromatic heterocycles. The SMILES string of the molecule is c1ccc(-c2noc(-c3cnn(C4CCCCC4)c3-c3ccccc3)n2)cc1. The van der Waals surface area contributed by atoms with Crippen LogP contribution in [0.3, 0.4) is 0 Å². The Balaban J connectivity index is 1.60. The van der Waals surface area contributed by atoms with Crippen LogP contribution in [0.25, 0.3) is 34.1 Å². The number of hydrogen-bond acceptors (Lipinski definition) is 4. The second kappa shape index (κ2) is 7.43. The van der Waals surface area contributed by atoms with Gasteiger partial charge in [-0.15, -0.1) is 0 Å². The van der Waals surface area contributed by atoms with Crippen LogP contribution in [0.2, 0.25) is 0 Å². The Morgan fingerprint density at radius 3 is 2.21 bits per heavy atom. The fourth-order valence-electron chi connectivity index (χ4n) is 4.04. The van der Waals surface area contributed by atoms with Crippen LogP contribution in [-0.4, -0.2) is 19.9 Å². The van der Waals surface area contributed by atoms with E-state index in [-0.39, 0.29) is 0 Å². The summed E-state index contributed by atoms with van der Waals surface area (Å²) in [7, 11) is 0. The number of rotatable bonds is 4. The molecule has 1 aliphatic rings. The lowest BCUT2D eigenvalue weighted by atomic mass is 9.95. The van der Waals surface area contributed by atoms with Crippen molar-refractivity contribution in [3.63, 3.8) is 0 Å². The summed E-state index contributed by atoms with van der Waals surface area (Å²) in [5, 5.41) is 8.96. The zero-order chi connectivity index (χ0) is 18.8. The van der Waals surface area contributed by atoms with Gasteiger partial charge in [-0.2, -0.15) is 10.1 Å². The zero-order valence-electron chi connectivity index (χ0n) is 15.7. The van der Waals surface area contributed by atoms with Crippen LogP contribution in [0.15, 0.2) is 71.4 Å². The standard InChI is InChI=1S/C23H22N4O/c1-4-10-17(11-5-1)21-20(16-24-27(21)19-14-8-3-9-15-19)23-25-22(26-28-23)18-12-6-2-7-13-18/h1-2,4-7,10-13,16,19H,3,8-9,14-15H2. The van der Waals surface area contributed by atoms with E-state index in [1.54, 1.807) is 0 Å². The largest absolute Gasteiger partial charge is 0.333 e. The van der Waals surface area contributed by atoms with Crippen molar-refractivity contribution in [1.29, 1.82) is 0 Å². The molecule has 0 spiro atoms. The molecule has 5 rings (SSSR count). The van der Waals surface area contributed by atoms with Crippen molar-refractivity contribution in [3.05, 3.63) is 66.9 Å². The van der Waals surface area contributed by atoms with Gasteiger partial charge in [0.15, 0.2) is 0 Å². The van der Waals surface area contributed by atoms with Gasteiger partial charge in [0.1, 0.15) is 0 Å². The van der Waals surface area contributed by atoms with Gasteiger partial charge in [-0.3, -0.25) is 4.68 Å². The Bertz CT molecular complexity index is 1050. The summed E-state index contributed by atoms with van der Waals surface area (Å²) in [6.07, 6.45) is 8.04. The molecule has 1 saturated carbocycles. The molecule has 1 aliphatic carbocycles. The minimum Gasteiger partial charge on any atom is -0.333 e. The molecule has 5 nitrogen and oxygen atoms in total. The summed E-state index contributed by atoms with van der Waals surface area (Å²) < 4.78 is 7.83. The van der Waals surface area contributed by atoms with E-state index in [1.807, 2.05) is 42.6 Å². The van der Waals surface area contributed by atoms with Crippen LogP contribution < -0.4 is 0 Å². The fraction of sp³-hybridized carbons (Fsp3) is 0.261. The monoisotopic (exact) mass is 370 g/mol. The minimum absolute atomic E-state index is 0.425. The van der Waals surface area contributed by atoms with E-state index in [0.717, 1.165) is 22.4 Å². The predicted molar refractivity (Wildman–Crippen MR) is 109 cm³/mol. The van der Waals surface area contributed by atoms with Crippen molar-refractivity contribution in [1.82, 2.24) is 19.9 Å². The van der Waals surface area contributed by atoms with E-state index in [0.29, 0.717) is 17.8 Å². The molecule has 140 valence electrons. The van der Waals surface area contributed by atoms with E-state index < -0.39 is 0 Å². The first-order valence-electron chi connectivity index (χ1n) is 9.92. The lowest BCUT2D eigenvalue weighted by Gasteiger charge is -2.24. The van der Waals surface area contributed by atoms with E-state index in [9.17, 15) is 0 Å². The van der Waals surface area contributed by atoms with E-state index >= 15 is 0 Å². The van der Waals surface area contributed by atoms with E-state index in [4.69, 9.17) is 9.62 Å². The second-order valence-electron chi connectivity index (χ2n) is 7.30. The minimum atomic E-state index is 0.425. The van der Waals surface area contributed by atoms with E-state index in [2.05, 4.69) is 39.1 Å². The second-order valence-corrected chi connectivity index (χ2v) is 7.30. The van der Waals surface area contributed by atoms with Crippen LogP contribution in [0.5, 0.6) is 0 Å². The van der Waals surface area contributed by atoms with Gasteiger partial charge >= 0.3 is 0 Å². The van der Waals surface area contributed by atoms with Gasteiger partial charge in [0, 0.05) is 11.1 Å². The summed E-state index contributed by atoms with van der Waals surface area (Å²) >= 11 is 0. The highest BCUT2D eigenvalue weighted by Gasteiger charge is 2.25. The van der Waals surface area contributed by atoms with Gasteiger partial charge in [0.2, 0.25) is 5.82 Å². The quantitative estimate of drug-likeness (QED) is 0.457. The van der Waals surface area contributed by atoms with Crippen LogP contribution in [0.1, 0.15) is 38.1 Å². The molecule has 2 aromatic carbocycles. The molecule has 2 heterocycles. The predicted octanol–water partition coefficient (Wildman–Crippen LogP) is 5.77. The maximum atomic E-state index is 5.65. The van der Waals surface area contributed by atoms with Gasteiger partial charge in [-0.1, -0.05) is 85.1 Å². The highest BCUT2D eigenvalue weighted by atomic mass is 16.5. The molecule has 5 heteroatoms. The van der Waals surface area contributed by atoms with Crippen molar-refractivity contribution in [2.45, 2.75) is 38.1 Å². The van der Waals surface area contributed by atoms with Gasteiger partial charge in [0.05, 0.1) is 23.5 Å². The zero-order valence-corrected chi connectivity index (χ0v) is 15.7. The summed E-state index contributed by atoms with van der Waals surface area (Å²) in [5.41, 5.74) is 4.03. The Kier molecular flexibility index (Phi) is 4.49. The van der Waals surface area contributed by atoms with Crippen molar-refractivity contribution in [3.8, 4) is 34.1 Å². The Hall–Kier alpha value is -3.21. The average molecular weight is 370 g/mol. The van der Waals surface area contributed by atoms with Gasteiger partial charge in [-0.25, -0.2) is 0 Å². The molecule has 0 amide bonds. The van der Waals surface area contributed by atoms with Crippen LogP contribution in [0.4, 0.5) is 0 Å². The topological polar surface area (TPSA) is 56.7 Å². The maximum absolute atomic E-state index is 5.65. The molecule has 0 aliphatic heterocycles. The summed E-state index contributed by atoms with van der Waals surface area (Å²) in [6, 6.07) is 20.7. The Morgan fingerprint density at radius 2 is 1.50 bits per heavy atom.